The summed E-state index contributed by atoms with van der Waals surface area (Å²) >= 11 is 0. The number of carbonyl (C=O) groups excluding carboxylic acids is 1. The molecule has 1 fully saturated rings. The first-order chi connectivity index (χ1) is 11.2. The molecule has 1 saturated heterocycles. The van der Waals surface area contributed by atoms with Gasteiger partial charge in [0.05, 0.1) is 5.56 Å². The van der Waals surface area contributed by atoms with Crippen LogP contribution in [-0.2, 0) is 17.5 Å². The minimum absolute atomic E-state index is 0.00803. The first kappa shape index (κ1) is 18.7. The molecule has 1 amide bonds. The Balaban J connectivity index is 2.04. The Morgan fingerprint density at radius 3 is 2.67 bits per heavy atom. The second-order valence-electron chi connectivity index (χ2n) is 6.21. The molecule has 0 radical (unpaired) electrons. The average molecular weight is 346 g/mol. The normalized spacial score (nSPS) is 21.8. The van der Waals surface area contributed by atoms with Crippen LogP contribution in [0.25, 0.3) is 0 Å². The van der Waals surface area contributed by atoms with Crippen molar-refractivity contribution in [3.63, 3.8) is 0 Å². The molecule has 0 aromatic heterocycles. The summed E-state index contributed by atoms with van der Waals surface area (Å²) in [5, 5.41) is 3.17. The summed E-state index contributed by atoms with van der Waals surface area (Å²) in [6.45, 7) is 4.80. The van der Waals surface area contributed by atoms with Crippen LogP contribution in [0.5, 0.6) is 0 Å². The van der Waals surface area contributed by atoms with Crippen molar-refractivity contribution in [3.8, 4) is 0 Å². The highest BCUT2D eigenvalue weighted by Gasteiger charge is 2.32. The highest BCUT2D eigenvalue weighted by Crippen LogP contribution is 2.30. The zero-order chi connectivity index (χ0) is 17.9. The molecule has 2 rings (SSSR count). The third kappa shape index (κ3) is 4.47. The van der Waals surface area contributed by atoms with Crippen LogP contribution in [0.3, 0.4) is 0 Å². The van der Waals surface area contributed by atoms with Crippen LogP contribution in [-0.4, -0.2) is 29.9 Å². The van der Waals surface area contributed by atoms with E-state index in [4.69, 9.17) is 0 Å². The van der Waals surface area contributed by atoms with Crippen molar-refractivity contribution in [2.24, 2.45) is 5.92 Å². The number of nitrogens with one attached hydrogen (secondary N) is 1. The van der Waals surface area contributed by atoms with Gasteiger partial charge in [0.2, 0.25) is 5.91 Å². The molecule has 134 valence electrons. The predicted octanol–water partition coefficient (Wildman–Crippen LogP) is 3.58. The molecule has 0 spiro atoms. The Kier molecular flexibility index (Phi) is 5.85. The van der Waals surface area contributed by atoms with Gasteiger partial charge in [-0.05, 0) is 30.5 Å². The number of benzene rings is 1. The number of carbonyl (C=O) groups is 1. The molecule has 0 unspecified atom stereocenters. The van der Waals surface area contributed by atoms with Crippen LogP contribution in [0.15, 0.2) is 18.2 Å². The van der Waals surface area contributed by atoms with Crippen LogP contribution >= 0.6 is 0 Å². The van der Waals surface area contributed by atoms with E-state index in [1.54, 1.807) is 4.90 Å². The van der Waals surface area contributed by atoms with Crippen LogP contribution in [0.1, 0.15) is 37.8 Å². The number of amides is 1. The third-order valence-electron chi connectivity index (χ3n) is 4.63. The molecule has 1 N–H and O–H groups in total. The molecule has 1 aromatic rings. The van der Waals surface area contributed by atoms with E-state index in [1.165, 1.54) is 6.92 Å². The fourth-order valence-corrected chi connectivity index (χ4v) is 3.13. The Morgan fingerprint density at radius 2 is 2.08 bits per heavy atom. The molecular formula is C17H22F4N2O. The maximum Gasteiger partial charge on any atom is 0.416 e. The van der Waals surface area contributed by atoms with Gasteiger partial charge in [-0.25, -0.2) is 4.39 Å². The predicted molar refractivity (Wildman–Crippen MR) is 82.7 cm³/mol. The second-order valence-corrected chi connectivity index (χ2v) is 6.21. The first-order valence-corrected chi connectivity index (χ1v) is 8.07. The van der Waals surface area contributed by atoms with Crippen molar-refractivity contribution in [1.29, 1.82) is 0 Å². The molecule has 1 aliphatic heterocycles. The van der Waals surface area contributed by atoms with Crippen LogP contribution in [0.2, 0.25) is 0 Å². The Hall–Kier alpha value is -1.63. The summed E-state index contributed by atoms with van der Waals surface area (Å²) in [5.74, 6) is -0.419. The maximum absolute atomic E-state index is 13.8. The molecule has 0 aliphatic carbocycles. The minimum atomic E-state index is -4.48. The van der Waals surface area contributed by atoms with Crippen molar-refractivity contribution in [3.05, 3.63) is 35.1 Å². The van der Waals surface area contributed by atoms with Gasteiger partial charge in [0.25, 0.3) is 0 Å². The quantitative estimate of drug-likeness (QED) is 0.845. The first-order valence-electron chi connectivity index (χ1n) is 8.07. The van der Waals surface area contributed by atoms with E-state index in [1.807, 2.05) is 6.92 Å². The second kappa shape index (κ2) is 7.51. The van der Waals surface area contributed by atoms with Gasteiger partial charge < -0.3 is 10.2 Å². The zero-order valence-electron chi connectivity index (χ0n) is 13.8. The van der Waals surface area contributed by atoms with Crippen molar-refractivity contribution in [1.82, 2.24) is 10.2 Å². The molecule has 24 heavy (non-hydrogen) atoms. The van der Waals surface area contributed by atoms with E-state index in [0.717, 1.165) is 24.6 Å². The van der Waals surface area contributed by atoms with Gasteiger partial charge in [-0.15, -0.1) is 0 Å². The number of hydrogen-bond acceptors (Lipinski definition) is 2. The fraction of sp³-hybridized carbons (Fsp3) is 0.588. The highest BCUT2D eigenvalue weighted by molar-refractivity contribution is 5.73. The number of hydrogen-bond donors (Lipinski definition) is 1. The minimum Gasteiger partial charge on any atom is -0.343 e. The lowest BCUT2D eigenvalue weighted by Gasteiger charge is -2.38. The van der Waals surface area contributed by atoms with Crippen molar-refractivity contribution in [2.75, 3.05) is 13.1 Å². The monoisotopic (exact) mass is 346 g/mol. The Labute approximate surface area is 139 Å². The van der Waals surface area contributed by atoms with Gasteiger partial charge in [-0.1, -0.05) is 13.3 Å². The van der Waals surface area contributed by atoms with Crippen LogP contribution < -0.4 is 5.32 Å². The van der Waals surface area contributed by atoms with Crippen molar-refractivity contribution in [2.45, 2.75) is 45.5 Å². The van der Waals surface area contributed by atoms with Gasteiger partial charge in [0.15, 0.2) is 0 Å². The molecule has 1 aliphatic rings. The number of likely N-dealkylation sites (tertiary alicyclic amines) is 1. The van der Waals surface area contributed by atoms with E-state index >= 15 is 0 Å². The van der Waals surface area contributed by atoms with Crippen molar-refractivity contribution < 1.29 is 22.4 Å². The molecular weight excluding hydrogens is 324 g/mol. The molecule has 1 heterocycles. The summed E-state index contributed by atoms with van der Waals surface area (Å²) in [7, 11) is 0. The van der Waals surface area contributed by atoms with Gasteiger partial charge in [-0.2, -0.15) is 13.2 Å². The summed E-state index contributed by atoms with van der Waals surface area (Å²) in [4.78, 5) is 13.2. The van der Waals surface area contributed by atoms with E-state index in [-0.39, 0.29) is 30.0 Å². The summed E-state index contributed by atoms with van der Waals surface area (Å²) in [6, 6.07) is 2.52. The van der Waals surface area contributed by atoms with E-state index in [0.29, 0.717) is 19.5 Å². The highest BCUT2D eigenvalue weighted by atomic mass is 19.4. The molecule has 0 saturated carbocycles. The molecule has 2 atom stereocenters. The van der Waals surface area contributed by atoms with Gasteiger partial charge in [-0.3, -0.25) is 4.79 Å². The van der Waals surface area contributed by atoms with Gasteiger partial charge >= 0.3 is 6.18 Å². The number of alkyl halides is 3. The number of halogens is 4. The molecule has 1 aromatic carbocycles. The van der Waals surface area contributed by atoms with Gasteiger partial charge in [0, 0.05) is 38.2 Å². The summed E-state index contributed by atoms with van der Waals surface area (Å²) in [6.07, 6.45) is -2.94. The molecule has 7 heteroatoms. The maximum atomic E-state index is 13.8. The largest absolute Gasteiger partial charge is 0.416 e. The van der Waals surface area contributed by atoms with E-state index in [2.05, 4.69) is 5.32 Å². The average Bonchev–Trinajstić information content (AvgIpc) is 2.52. The number of rotatable bonds is 4. The number of piperidine rings is 1. The van der Waals surface area contributed by atoms with Crippen molar-refractivity contribution >= 4 is 5.91 Å². The fourth-order valence-electron chi connectivity index (χ4n) is 3.13. The Morgan fingerprint density at radius 1 is 1.38 bits per heavy atom. The van der Waals surface area contributed by atoms with Gasteiger partial charge in [0.1, 0.15) is 5.82 Å². The number of nitrogens with zero attached hydrogens (tertiary/aromatic N) is 1. The third-order valence-corrected chi connectivity index (χ3v) is 4.63. The lowest BCUT2D eigenvalue weighted by atomic mass is 9.89. The van der Waals surface area contributed by atoms with E-state index < -0.39 is 17.6 Å². The lowest BCUT2D eigenvalue weighted by molar-refractivity contribution is -0.137. The summed E-state index contributed by atoms with van der Waals surface area (Å²) in [5.41, 5.74) is -0.840. The van der Waals surface area contributed by atoms with E-state index in [9.17, 15) is 22.4 Å². The lowest BCUT2D eigenvalue weighted by Crippen LogP contribution is -2.50. The Bertz CT molecular complexity index is 588. The SMILES string of the molecule is CC[C@H]1CN(C(C)=O)CC[C@H]1NCc1cc(C(F)(F)F)ccc1F. The molecule has 0 bridgehead atoms. The van der Waals surface area contributed by atoms with Crippen LogP contribution in [0, 0.1) is 11.7 Å². The summed E-state index contributed by atoms with van der Waals surface area (Å²) < 4.78 is 52.0. The zero-order valence-corrected chi connectivity index (χ0v) is 13.8. The van der Waals surface area contributed by atoms with Crippen LogP contribution in [0.4, 0.5) is 17.6 Å². The standard InChI is InChI=1S/C17H22F4N2O/c1-3-12-10-23(11(2)24)7-6-16(12)22-9-13-8-14(17(19,20)21)4-5-15(13)18/h4-5,8,12,16,22H,3,6-7,9-10H2,1-2H3/t12-,16+/m0/s1. The smallest absolute Gasteiger partial charge is 0.343 e. The topological polar surface area (TPSA) is 32.3 Å². The molecule has 3 nitrogen and oxygen atoms in total.